The molecule has 0 radical (unpaired) electrons. The molecule has 0 aliphatic heterocycles. The van der Waals surface area contributed by atoms with E-state index < -0.39 is 6.23 Å². The van der Waals surface area contributed by atoms with Crippen LogP contribution in [-0.2, 0) is 6.54 Å². The van der Waals surface area contributed by atoms with Crippen LogP contribution in [0.1, 0.15) is 12.5 Å². The fraction of sp³-hybridized carbons (Fsp3) is 0.333. The first-order chi connectivity index (χ1) is 5.29. The van der Waals surface area contributed by atoms with Crippen molar-refractivity contribution in [3.63, 3.8) is 0 Å². The molecule has 2 heteroatoms. The van der Waals surface area contributed by atoms with Gasteiger partial charge in [-0.1, -0.05) is 30.3 Å². The zero-order valence-corrected chi connectivity index (χ0v) is 6.62. The maximum atomic E-state index is 8.90. The van der Waals surface area contributed by atoms with Crippen molar-refractivity contribution in [1.29, 1.82) is 0 Å². The van der Waals surface area contributed by atoms with Gasteiger partial charge in [-0.3, -0.25) is 5.32 Å². The molecule has 60 valence electrons. The lowest BCUT2D eigenvalue weighted by Gasteiger charge is -2.06. The van der Waals surface area contributed by atoms with Gasteiger partial charge in [-0.15, -0.1) is 0 Å². The van der Waals surface area contributed by atoms with Gasteiger partial charge in [0.05, 0.1) is 0 Å². The lowest BCUT2D eigenvalue weighted by atomic mass is 10.2. The maximum absolute atomic E-state index is 8.90. The molecule has 0 heterocycles. The summed E-state index contributed by atoms with van der Waals surface area (Å²) in [5.41, 5.74) is 1.19. The molecule has 2 N–H and O–H groups in total. The molecule has 0 spiro atoms. The molecule has 0 saturated heterocycles. The zero-order chi connectivity index (χ0) is 8.10. The van der Waals surface area contributed by atoms with Crippen molar-refractivity contribution in [3.05, 3.63) is 35.9 Å². The molecule has 0 aliphatic rings. The lowest BCUT2D eigenvalue weighted by molar-refractivity contribution is 0.155. The van der Waals surface area contributed by atoms with E-state index in [-0.39, 0.29) is 0 Å². The molecule has 11 heavy (non-hydrogen) atoms. The van der Waals surface area contributed by atoms with Crippen LogP contribution in [0.2, 0.25) is 0 Å². The summed E-state index contributed by atoms with van der Waals surface area (Å²) in [7, 11) is 0. The number of benzene rings is 1. The van der Waals surface area contributed by atoms with E-state index >= 15 is 0 Å². The van der Waals surface area contributed by atoms with Crippen LogP contribution in [0.3, 0.4) is 0 Å². The summed E-state index contributed by atoms with van der Waals surface area (Å²) in [5, 5.41) is 11.8. The van der Waals surface area contributed by atoms with Crippen LogP contribution < -0.4 is 5.32 Å². The third-order valence-electron chi connectivity index (χ3n) is 1.44. The molecule has 0 bridgehead atoms. The van der Waals surface area contributed by atoms with Crippen LogP contribution in [-0.4, -0.2) is 11.3 Å². The summed E-state index contributed by atoms with van der Waals surface area (Å²) in [6, 6.07) is 9.99. The topological polar surface area (TPSA) is 32.3 Å². The Labute approximate surface area is 66.9 Å². The van der Waals surface area contributed by atoms with Crippen LogP contribution in [0.25, 0.3) is 0 Å². The summed E-state index contributed by atoms with van der Waals surface area (Å²) >= 11 is 0. The molecular formula is C9H13NO. The van der Waals surface area contributed by atoms with Crippen molar-refractivity contribution >= 4 is 0 Å². The summed E-state index contributed by atoms with van der Waals surface area (Å²) in [4.78, 5) is 0. The van der Waals surface area contributed by atoms with E-state index in [0.29, 0.717) is 0 Å². The second-order valence-corrected chi connectivity index (χ2v) is 2.54. The number of aliphatic hydroxyl groups is 1. The number of hydrogen-bond donors (Lipinski definition) is 2. The predicted octanol–water partition coefficient (Wildman–Crippen LogP) is 1.11. The van der Waals surface area contributed by atoms with Gasteiger partial charge in [-0.05, 0) is 12.5 Å². The Balaban J connectivity index is 2.39. The minimum atomic E-state index is -0.435. The first-order valence-corrected chi connectivity index (χ1v) is 3.74. The molecule has 0 aromatic heterocycles. The Hall–Kier alpha value is -0.860. The average molecular weight is 151 g/mol. The maximum Gasteiger partial charge on any atom is 0.102 e. The highest BCUT2D eigenvalue weighted by atomic mass is 16.3. The van der Waals surface area contributed by atoms with Crippen molar-refractivity contribution < 1.29 is 5.11 Å². The smallest absolute Gasteiger partial charge is 0.102 e. The number of nitrogens with one attached hydrogen (secondary N) is 1. The number of rotatable bonds is 3. The zero-order valence-electron chi connectivity index (χ0n) is 6.62. The fourth-order valence-electron chi connectivity index (χ4n) is 0.861. The van der Waals surface area contributed by atoms with Gasteiger partial charge in [0.2, 0.25) is 0 Å². The lowest BCUT2D eigenvalue weighted by Crippen LogP contribution is -2.24. The van der Waals surface area contributed by atoms with E-state index in [2.05, 4.69) is 5.32 Å². The third-order valence-corrected chi connectivity index (χ3v) is 1.44. The summed E-state index contributed by atoms with van der Waals surface area (Å²) in [6.07, 6.45) is -0.435. The van der Waals surface area contributed by atoms with Crippen molar-refractivity contribution in [2.45, 2.75) is 19.7 Å². The van der Waals surface area contributed by atoms with Crippen LogP contribution in [0.15, 0.2) is 30.3 Å². The van der Waals surface area contributed by atoms with Crippen molar-refractivity contribution in [3.8, 4) is 0 Å². The van der Waals surface area contributed by atoms with E-state index in [9.17, 15) is 0 Å². The van der Waals surface area contributed by atoms with Crippen LogP contribution in [0.4, 0.5) is 0 Å². The van der Waals surface area contributed by atoms with Gasteiger partial charge in [0.1, 0.15) is 6.23 Å². The van der Waals surface area contributed by atoms with Crippen LogP contribution in [0, 0.1) is 0 Å². The fourth-order valence-corrected chi connectivity index (χ4v) is 0.861. The second kappa shape index (κ2) is 4.11. The van der Waals surface area contributed by atoms with E-state index in [1.54, 1.807) is 6.92 Å². The number of hydrogen-bond acceptors (Lipinski definition) is 2. The summed E-state index contributed by atoms with van der Waals surface area (Å²) < 4.78 is 0. The van der Waals surface area contributed by atoms with Gasteiger partial charge in [0.25, 0.3) is 0 Å². The van der Waals surface area contributed by atoms with Crippen molar-refractivity contribution in [2.75, 3.05) is 0 Å². The molecule has 1 rings (SSSR count). The Bertz CT molecular complexity index is 196. The van der Waals surface area contributed by atoms with Crippen LogP contribution >= 0.6 is 0 Å². The first kappa shape index (κ1) is 8.24. The standard InChI is InChI=1S/C9H13NO/c1-8(11)10-7-9-5-3-2-4-6-9/h2-6,8,10-11H,7H2,1H3/t8-/m1/s1. The molecule has 0 fully saturated rings. The molecule has 0 unspecified atom stereocenters. The Morgan fingerprint density at radius 2 is 2.00 bits per heavy atom. The Morgan fingerprint density at radius 3 is 2.55 bits per heavy atom. The summed E-state index contributed by atoms with van der Waals surface area (Å²) in [6.45, 7) is 2.43. The second-order valence-electron chi connectivity index (χ2n) is 2.54. The van der Waals surface area contributed by atoms with E-state index in [0.717, 1.165) is 6.54 Å². The molecular weight excluding hydrogens is 138 g/mol. The summed E-state index contributed by atoms with van der Waals surface area (Å²) in [5.74, 6) is 0. The highest BCUT2D eigenvalue weighted by Crippen LogP contribution is 1.96. The third kappa shape index (κ3) is 3.16. The van der Waals surface area contributed by atoms with Gasteiger partial charge >= 0.3 is 0 Å². The molecule has 0 saturated carbocycles. The first-order valence-electron chi connectivity index (χ1n) is 3.74. The Morgan fingerprint density at radius 1 is 1.36 bits per heavy atom. The van der Waals surface area contributed by atoms with E-state index in [4.69, 9.17) is 5.11 Å². The highest BCUT2D eigenvalue weighted by molar-refractivity contribution is 5.14. The monoisotopic (exact) mass is 151 g/mol. The molecule has 1 aromatic carbocycles. The average Bonchev–Trinajstić information content (AvgIpc) is 2.03. The number of aliphatic hydroxyl groups excluding tert-OH is 1. The molecule has 1 aromatic rings. The van der Waals surface area contributed by atoms with Crippen LogP contribution in [0.5, 0.6) is 0 Å². The van der Waals surface area contributed by atoms with Crippen molar-refractivity contribution in [2.24, 2.45) is 0 Å². The SMILES string of the molecule is C[C@@H](O)NCc1ccccc1. The van der Waals surface area contributed by atoms with Gasteiger partial charge in [0.15, 0.2) is 0 Å². The van der Waals surface area contributed by atoms with Gasteiger partial charge in [0, 0.05) is 6.54 Å². The van der Waals surface area contributed by atoms with Gasteiger partial charge in [-0.2, -0.15) is 0 Å². The van der Waals surface area contributed by atoms with Gasteiger partial charge < -0.3 is 5.11 Å². The Kier molecular flexibility index (Phi) is 3.08. The highest BCUT2D eigenvalue weighted by Gasteiger charge is 1.93. The van der Waals surface area contributed by atoms with E-state index in [1.807, 2.05) is 30.3 Å². The van der Waals surface area contributed by atoms with Crippen molar-refractivity contribution in [1.82, 2.24) is 5.32 Å². The predicted molar refractivity (Wildman–Crippen MR) is 45.0 cm³/mol. The molecule has 0 aliphatic carbocycles. The molecule has 2 nitrogen and oxygen atoms in total. The normalized spacial score (nSPS) is 12.9. The molecule has 1 atom stereocenters. The van der Waals surface area contributed by atoms with Gasteiger partial charge in [-0.25, -0.2) is 0 Å². The minimum Gasteiger partial charge on any atom is -0.379 e. The largest absolute Gasteiger partial charge is 0.379 e. The minimum absolute atomic E-state index is 0.435. The quantitative estimate of drug-likeness (QED) is 0.634. The van der Waals surface area contributed by atoms with E-state index in [1.165, 1.54) is 5.56 Å². The molecule has 0 amide bonds.